The van der Waals surface area contributed by atoms with E-state index in [1.807, 2.05) is 0 Å². The van der Waals surface area contributed by atoms with E-state index in [9.17, 15) is 14.9 Å². The number of aromatic nitrogens is 2. The van der Waals surface area contributed by atoms with Crippen molar-refractivity contribution in [3.8, 4) is 17.2 Å². The quantitative estimate of drug-likeness (QED) is 0.424. The molecule has 11 nitrogen and oxygen atoms in total. The van der Waals surface area contributed by atoms with Gasteiger partial charge in [0.25, 0.3) is 17.5 Å². The van der Waals surface area contributed by atoms with E-state index in [2.05, 4.69) is 15.5 Å². The second-order valence-electron chi connectivity index (χ2n) is 5.56. The Hall–Kier alpha value is -4.15. The van der Waals surface area contributed by atoms with Crippen LogP contribution in [-0.2, 0) is 11.4 Å². The zero-order valence-corrected chi connectivity index (χ0v) is 15.2. The Morgan fingerprint density at radius 2 is 1.86 bits per heavy atom. The first-order valence-electron chi connectivity index (χ1n) is 8.30. The van der Waals surface area contributed by atoms with Crippen molar-refractivity contribution in [3.05, 3.63) is 64.5 Å². The lowest BCUT2D eigenvalue weighted by molar-refractivity contribution is -0.384. The maximum atomic E-state index is 11.9. The Morgan fingerprint density at radius 3 is 2.59 bits per heavy atom. The summed E-state index contributed by atoms with van der Waals surface area (Å²) >= 11 is 0. The van der Waals surface area contributed by atoms with Crippen molar-refractivity contribution < 1.29 is 28.3 Å². The molecule has 0 bridgehead atoms. The number of nitrogens with one attached hydrogen (secondary N) is 1. The lowest BCUT2D eigenvalue weighted by Crippen LogP contribution is -2.20. The summed E-state index contributed by atoms with van der Waals surface area (Å²) in [5.74, 6) is 1.04. The van der Waals surface area contributed by atoms with Crippen molar-refractivity contribution in [2.75, 3.05) is 19.0 Å². The third kappa shape index (κ3) is 5.66. The lowest BCUT2D eigenvalue weighted by Gasteiger charge is -2.06. The predicted molar refractivity (Wildman–Crippen MR) is 98.8 cm³/mol. The summed E-state index contributed by atoms with van der Waals surface area (Å²) in [5.41, 5.74) is -0.0992. The first-order chi connectivity index (χ1) is 14.0. The van der Waals surface area contributed by atoms with Crippen molar-refractivity contribution >= 4 is 17.6 Å². The Bertz CT molecular complexity index is 988. The SMILES string of the molecule is COc1ccc(OCC(=O)Nc2nnc(COc3cccc([N+](=O)[O-])c3)o2)cc1. The van der Waals surface area contributed by atoms with Crippen molar-refractivity contribution in [2.24, 2.45) is 0 Å². The number of ether oxygens (including phenoxy) is 3. The van der Waals surface area contributed by atoms with Crippen molar-refractivity contribution in [2.45, 2.75) is 6.61 Å². The fourth-order valence-electron chi connectivity index (χ4n) is 2.17. The molecule has 2 aromatic carbocycles. The van der Waals surface area contributed by atoms with Crippen molar-refractivity contribution in [1.29, 1.82) is 0 Å². The topological polar surface area (TPSA) is 139 Å². The van der Waals surface area contributed by atoms with Crippen LogP contribution in [0.3, 0.4) is 0 Å². The predicted octanol–water partition coefficient (Wildman–Crippen LogP) is 2.58. The number of carbonyl (C=O) groups is 1. The van der Waals surface area contributed by atoms with Crippen LogP contribution in [-0.4, -0.2) is 34.7 Å². The van der Waals surface area contributed by atoms with Gasteiger partial charge in [0.1, 0.15) is 17.2 Å². The highest BCUT2D eigenvalue weighted by atomic mass is 16.6. The smallest absolute Gasteiger partial charge is 0.322 e. The van der Waals surface area contributed by atoms with Crippen LogP contribution >= 0.6 is 0 Å². The van der Waals surface area contributed by atoms with E-state index in [1.54, 1.807) is 37.4 Å². The Morgan fingerprint density at radius 1 is 1.10 bits per heavy atom. The lowest BCUT2D eigenvalue weighted by atomic mass is 10.3. The molecule has 150 valence electrons. The maximum absolute atomic E-state index is 11.9. The van der Waals surface area contributed by atoms with Crippen LogP contribution in [0.5, 0.6) is 17.2 Å². The number of hydrogen-bond donors (Lipinski definition) is 1. The molecule has 0 radical (unpaired) electrons. The molecule has 0 saturated carbocycles. The minimum absolute atomic E-state index is 0.0860. The summed E-state index contributed by atoms with van der Waals surface area (Å²) in [5, 5.41) is 20.6. The molecule has 0 atom stereocenters. The molecule has 0 aliphatic carbocycles. The Kier molecular flexibility index (Phi) is 6.20. The number of hydrogen-bond acceptors (Lipinski definition) is 9. The molecule has 3 aromatic rings. The van der Waals surface area contributed by atoms with Crippen molar-refractivity contribution in [1.82, 2.24) is 10.2 Å². The van der Waals surface area contributed by atoms with E-state index < -0.39 is 10.8 Å². The molecule has 0 aliphatic rings. The van der Waals surface area contributed by atoms with Crippen molar-refractivity contribution in [3.63, 3.8) is 0 Å². The molecule has 29 heavy (non-hydrogen) atoms. The van der Waals surface area contributed by atoms with Gasteiger partial charge in [0.05, 0.1) is 18.1 Å². The Balaban J connectivity index is 1.47. The van der Waals surface area contributed by atoms with E-state index in [4.69, 9.17) is 18.6 Å². The number of amides is 1. The molecule has 1 aromatic heterocycles. The van der Waals surface area contributed by atoms with Gasteiger partial charge < -0.3 is 18.6 Å². The second-order valence-corrected chi connectivity index (χ2v) is 5.56. The largest absolute Gasteiger partial charge is 0.497 e. The first kappa shape index (κ1) is 19.6. The van der Waals surface area contributed by atoms with Crippen LogP contribution in [0.4, 0.5) is 11.7 Å². The van der Waals surface area contributed by atoms with E-state index in [-0.39, 0.29) is 36.6 Å². The second kappa shape index (κ2) is 9.17. The normalized spacial score (nSPS) is 10.2. The highest BCUT2D eigenvalue weighted by molar-refractivity contribution is 5.89. The van der Waals surface area contributed by atoms with Gasteiger partial charge in [-0.3, -0.25) is 20.2 Å². The van der Waals surface area contributed by atoms with Gasteiger partial charge in [-0.15, -0.1) is 5.10 Å². The van der Waals surface area contributed by atoms with E-state index in [1.165, 1.54) is 18.2 Å². The molecule has 1 heterocycles. The maximum Gasteiger partial charge on any atom is 0.322 e. The number of anilines is 1. The van der Waals surface area contributed by atoms with Gasteiger partial charge in [-0.25, -0.2) is 0 Å². The Labute approximate surface area is 164 Å². The third-order valence-corrected chi connectivity index (χ3v) is 3.53. The van der Waals surface area contributed by atoms with E-state index >= 15 is 0 Å². The number of nitro benzene ring substituents is 1. The summed E-state index contributed by atoms with van der Waals surface area (Å²) in [7, 11) is 1.55. The average molecular weight is 400 g/mol. The summed E-state index contributed by atoms with van der Waals surface area (Å²) in [6.45, 7) is -0.374. The van der Waals surface area contributed by atoms with Crippen LogP contribution < -0.4 is 19.5 Å². The van der Waals surface area contributed by atoms with Crippen LogP contribution in [0.25, 0.3) is 0 Å². The van der Waals surface area contributed by atoms with Crippen LogP contribution in [0, 0.1) is 10.1 Å². The fourth-order valence-corrected chi connectivity index (χ4v) is 2.17. The van der Waals surface area contributed by atoms with Gasteiger partial charge in [-0.2, -0.15) is 0 Å². The molecule has 1 N–H and O–H groups in total. The van der Waals surface area contributed by atoms with Crippen LogP contribution in [0.1, 0.15) is 5.89 Å². The molecule has 0 saturated heterocycles. The number of rotatable bonds is 9. The van der Waals surface area contributed by atoms with Gasteiger partial charge in [-0.05, 0) is 30.3 Å². The number of carbonyl (C=O) groups excluding carboxylic acids is 1. The van der Waals surface area contributed by atoms with Gasteiger partial charge in [-0.1, -0.05) is 11.2 Å². The molecular weight excluding hydrogens is 384 g/mol. The molecule has 11 heteroatoms. The number of nitro groups is 1. The zero-order chi connectivity index (χ0) is 20.6. The van der Waals surface area contributed by atoms with Gasteiger partial charge >= 0.3 is 6.01 Å². The van der Waals surface area contributed by atoms with Gasteiger partial charge in [0, 0.05) is 6.07 Å². The molecule has 3 rings (SSSR count). The summed E-state index contributed by atoms with van der Waals surface area (Å²) < 4.78 is 21.0. The molecule has 0 aliphatic heterocycles. The molecule has 1 amide bonds. The highest BCUT2D eigenvalue weighted by Crippen LogP contribution is 2.20. The number of methoxy groups -OCH3 is 1. The van der Waals surface area contributed by atoms with E-state index in [0.29, 0.717) is 11.5 Å². The summed E-state index contributed by atoms with van der Waals surface area (Å²) in [4.78, 5) is 22.1. The summed E-state index contributed by atoms with van der Waals surface area (Å²) in [6, 6.07) is 12.3. The number of non-ortho nitro benzene ring substituents is 1. The third-order valence-electron chi connectivity index (χ3n) is 3.53. The van der Waals surface area contributed by atoms with Gasteiger partial charge in [0.15, 0.2) is 13.2 Å². The standard InChI is InChI=1S/C18H16N4O7/c1-26-13-5-7-14(8-6-13)27-10-16(23)19-18-21-20-17(29-18)11-28-15-4-2-3-12(9-15)22(24)25/h2-9H,10-11H2,1H3,(H,19,21,23). The minimum Gasteiger partial charge on any atom is -0.497 e. The molecule has 0 fully saturated rings. The zero-order valence-electron chi connectivity index (χ0n) is 15.2. The highest BCUT2D eigenvalue weighted by Gasteiger charge is 2.12. The minimum atomic E-state index is -0.527. The number of benzene rings is 2. The van der Waals surface area contributed by atoms with E-state index in [0.717, 1.165) is 0 Å². The molecular formula is C18H16N4O7. The fraction of sp³-hybridized carbons (Fsp3) is 0.167. The summed E-state index contributed by atoms with van der Waals surface area (Å²) in [6.07, 6.45) is 0. The van der Waals surface area contributed by atoms with Gasteiger partial charge in [0.2, 0.25) is 0 Å². The molecule has 0 unspecified atom stereocenters. The number of nitrogens with zero attached hydrogens (tertiary/aromatic N) is 3. The van der Waals surface area contributed by atoms with Crippen LogP contribution in [0.2, 0.25) is 0 Å². The monoisotopic (exact) mass is 400 g/mol. The van der Waals surface area contributed by atoms with Crippen LogP contribution in [0.15, 0.2) is 52.9 Å². The average Bonchev–Trinajstić information content (AvgIpc) is 3.18. The first-order valence-corrected chi connectivity index (χ1v) is 8.30. The molecule has 0 spiro atoms.